The van der Waals surface area contributed by atoms with Crippen LogP contribution in [0, 0.1) is 5.92 Å². The molecule has 20 heavy (non-hydrogen) atoms. The van der Waals surface area contributed by atoms with Crippen LogP contribution in [-0.2, 0) is 14.4 Å². The van der Waals surface area contributed by atoms with Crippen molar-refractivity contribution in [3.8, 4) is 0 Å². The minimum Gasteiger partial charge on any atom is -0.328 e. The van der Waals surface area contributed by atoms with E-state index in [0.717, 1.165) is 32.1 Å². The van der Waals surface area contributed by atoms with E-state index in [1.54, 1.807) is 6.92 Å². The van der Waals surface area contributed by atoms with E-state index in [2.05, 4.69) is 5.32 Å². The number of hydrogen-bond donors (Lipinski definition) is 2. The minimum absolute atomic E-state index is 0.0126. The third-order valence-corrected chi connectivity index (χ3v) is 4.40. The quantitative estimate of drug-likeness (QED) is 0.721. The number of hydrogen-bond acceptors (Lipinski definition) is 4. The van der Waals surface area contributed by atoms with Crippen molar-refractivity contribution in [3.63, 3.8) is 0 Å². The number of rotatable bonds is 3. The van der Waals surface area contributed by atoms with Gasteiger partial charge in [0.1, 0.15) is 12.6 Å². The van der Waals surface area contributed by atoms with Crippen molar-refractivity contribution in [3.05, 3.63) is 0 Å². The largest absolute Gasteiger partial charge is 0.328 e. The highest BCUT2D eigenvalue weighted by molar-refractivity contribution is 6.04. The predicted molar refractivity (Wildman–Crippen MR) is 73.5 cm³/mol. The Morgan fingerprint density at radius 1 is 1.30 bits per heavy atom. The Morgan fingerprint density at radius 2 is 1.95 bits per heavy atom. The normalized spacial score (nSPS) is 31.1. The van der Waals surface area contributed by atoms with Crippen molar-refractivity contribution in [2.24, 2.45) is 11.7 Å². The first kappa shape index (κ1) is 15.0. The SMILES string of the molecule is CC1C(=O)NC(=O)CN1C(=O)CCC1CCC(N)CC1. The molecule has 1 atom stereocenters. The smallest absolute Gasteiger partial charge is 0.249 e. The van der Waals surface area contributed by atoms with Crippen LogP contribution < -0.4 is 11.1 Å². The summed E-state index contributed by atoms with van der Waals surface area (Å²) in [4.78, 5) is 36.4. The van der Waals surface area contributed by atoms with Gasteiger partial charge in [-0.15, -0.1) is 0 Å². The predicted octanol–water partition coefficient (Wildman–Crippen LogP) is 0.158. The molecule has 0 spiro atoms. The Kier molecular flexibility index (Phi) is 4.75. The summed E-state index contributed by atoms with van der Waals surface area (Å²) in [6, 6.07) is -0.245. The van der Waals surface area contributed by atoms with Gasteiger partial charge < -0.3 is 10.6 Å². The van der Waals surface area contributed by atoms with Crippen LogP contribution in [0.5, 0.6) is 0 Å². The first-order valence-corrected chi connectivity index (χ1v) is 7.36. The first-order valence-electron chi connectivity index (χ1n) is 7.36. The summed E-state index contributed by atoms with van der Waals surface area (Å²) in [5.74, 6) is -0.345. The monoisotopic (exact) mass is 281 g/mol. The molecule has 0 aromatic carbocycles. The van der Waals surface area contributed by atoms with Gasteiger partial charge in [-0.1, -0.05) is 0 Å². The summed E-state index contributed by atoms with van der Waals surface area (Å²) in [7, 11) is 0. The second kappa shape index (κ2) is 6.35. The maximum Gasteiger partial charge on any atom is 0.249 e. The van der Waals surface area contributed by atoms with Gasteiger partial charge in [-0.3, -0.25) is 19.7 Å². The molecular weight excluding hydrogens is 258 g/mol. The zero-order valence-corrected chi connectivity index (χ0v) is 11.9. The summed E-state index contributed by atoms with van der Waals surface area (Å²) in [5, 5.41) is 2.24. The fraction of sp³-hybridized carbons (Fsp3) is 0.786. The summed E-state index contributed by atoms with van der Waals surface area (Å²) in [5.41, 5.74) is 5.86. The number of nitrogens with zero attached hydrogens (tertiary/aromatic N) is 1. The van der Waals surface area contributed by atoms with E-state index in [4.69, 9.17) is 5.73 Å². The topological polar surface area (TPSA) is 92.5 Å². The Morgan fingerprint density at radius 3 is 2.60 bits per heavy atom. The fourth-order valence-corrected chi connectivity index (χ4v) is 2.97. The van der Waals surface area contributed by atoms with Gasteiger partial charge in [-0.05, 0) is 44.9 Å². The van der Waals surface area contributed by atoms with Crippen molar-refractivity contribution in [2.45, 2.75) is 57.5 Å². The molecule has 2 aliphatic rings. The van der Waals surface area contributed by atoms with Gasteiger partial charge in [-0.25, -0.2) is 0 Å². The van der Waals surface area contributed by atoms with Gasteiger partial charge >= 0.3 is 0 Å². The van der Waals surface area contributed by atoms with Crippen molar-refractivity contribution in [1.82, 2.24) is 10.2 Å². The lowest BCUT2D eigenvalue weighted by molar-refractivity contribution is -0.149. The maximum atomic E-state index is 12.2. The highest BCUT2D eigenvalue weighted by atomic mass is 16.2. The Bertz CT molecular complexity index is 402. The van der Waals surface area contributed by atoms with Crippen molar-refractivity contribution in [2.75, 3.05) is 6.54 Å². The summed E-state index contributed by atoms with van der Waals surface area (Å²) in [6.07, 6.45) is 5.43. The van der Waals surface area contributed by atoms with E-state index < -0.39 is 17.9 Å². The lowest BCUT2D eigenvalue weighted by Gasteiger charge is -2.32. The molecule has 0 aromatic heterocycles. The van der Waals surface area contributed by atoms with E-state index in [1.165, 1.54) is 4.90 Å². The molecule has 1 aliphatic carbocycles. The highest BCUT2D eigenvalue weighted by Gasteiger charge is 2.33. The summed E-state index contributed by atoms with van der Waals surface area (Å²) >= 11 is 0. The van der Waals surface area contributed by atoms with Crippen LogP contribution in [0.1, 0.15) is 45.4 Å². The molecule has 3 N–H and O–H groups in total. The van der Waals surface area contributed by atoms with Gasteiger partial charge in [0.15, 0.2) is 0 Å². The molecule has 0 bridgehead atoms. The van der Waals surface area contributed by atoms with E-state index >= 15 is 0 Å². The number of nitrogens with two attached hydrogens (primary N) is 1. The highest BCUT2D eigenvalue weighted by Crippen LogP contribution is 2.27. The second-order valence-electron chi connectivity index (χ2n) is 5.93. The molecule has 3 amide bonds. The summed E-state index contributed by atoms with van der Waals surface area (Å²) < 4.78 is 0. The molecule has 2 fully saturated rings. The van der Waals surface area contributed by atoms with Crippen LogP contribution in [0.4, 0.5) is 0 Å². The Balaban J connectivity index is 1.82. The number of piperazine rings is 1. The number of amides is 3. The van der Waals surface area contributed by atoms with Crippen LogP contribution in [-0.4, -0.2) is 41.2 Å². The average Bonchev–Trinajstić information content (AvgIpc) is 2.42. The van der Waals surface area contributed by atoms with Gasteiger partial charge in [0.05, 0.1) is 0 Å². The molecular formula is C14H23N3O3. The van der Waals surface area contributed by atoms with Gasteiger partial charge in [0.2, 0.25) is 17.7 Å². The number of carbonyl (C=O) groups excluding carboxylic acids is 3. The van der Waals surface area contributed by atoms with Crippen molar-refractivity contribution >= 4 is 17.7 Å². The maximum absolute atomic E-state index is 12.2. The van der Waals surface area contributed by atoms with E-state index in [9.17, 15) is 14.4 Å². The molecule has 0 aromatic rings. The third-order valence-electron chi connectivity index (χ3n) is 4.40. The van der Waals surface area contributed by atoms with E-state index in [-0.39, 0.29) is 12.5 Å². The molecule has 1 saturated heterocycles. The van der Waals surface area contributed by atoms with Crippen LogP contribution in [0.3, 0.4) is 0 Å². The first-order chi connectivity index (χ1) is 9.47. The molecule has 112 valence electrons. The zero-order chi connectivity index (χ0) is 14.7. The molecule has 2 rings (SSSR count). The molecule has 1 heterocycles. The van der Waals surface area contributed by atoms with Crippen LogP contribution in [0.2, 0.25) is 0 Å². The van der Waals surface area contributed by atoms with Crippen LogP contribution in [0.15, 0.2) is 0 Å². The third kappa shape index (κ3) is 3.56. The van der Waals surface area contributed by atoms with Crippen LogP contribution in [0.25, 0.3) is 0 Å². The Hall–Kier alpha value is -1.43. The zero-order valence-electron chi connectivity index (χ0n) is 11.9. The lowest BCUT2D eigenvalue weighted by atomic mass is 9.83. The second-order valence-corrected chi connectivity index (χ2v) is 5.93. The van der Waals surface area contributed by atoms with Gasteiger partial charge in [0.25, 0.3) is 0 Å². The minimum atomic E-state index is -0.556. The molecule has 1 aliphatic heterocycles. The summed E-state index contributed by atoms with van der Waals surface area (Å²) in [6.45, 7) is 1.64. The van der Waals surface area contributed by atoms with Crippen molar-refractivity contribution in [1.29, 1.82) is 0 Å². The number of carbonyl (C=O) groups is 3. The van der Waals surface area contributed by atoms with E-state index in [1.807, 2.05) is 0 Å². The van der Waals surface area contributed by atoms with Crippen LogP contribution >= 0.6 is 0 Å². The number of imide groups is 1. The molecule has 6 heteroatoms. The van der Waals surface area contributed by atoms with Gasteiger partial charge in [0, 0.05) is 12.5 Å². The molecule has 0 radical (unpaired) electrons. The van der Waals surface area contributed by atoms with Gasteiger partial charge in [-0.2, -0.15) is 0 Å². The molecule has 1 saturated carbocycles. The lowest BCUT2D eigenvalue weighted by Crippen LogP contribution is -2.58. The van der Waals surface area contributed by atoms with E-state index in [0.29, 0.717) is 18.4 Å². The molecule has 6 nitrogen and oxygen atoms in total. The fourth-order valence-electron chi connectivity index (χ4n) is 2.97. The molecule has 1 unspecified atom stereocenters. The average molecular weight is 281 g/mol. The number of nitrogens with one attached hydrogen (secondary N) is 1. The standard InChI is InChI=1S/C14H23N3O3/c1-9-14(20)16-12(18)8-17(9)13(19)7-4-10-2-5-11(15)6-3-10/h9-11H,2-8,15H2,1H3,(H,16,18,20). The Labute approximate surface area is 119 Å². The van der Waals surface area contributed by atoms with Crippen molar-refractivity contribution < 1.29 is 14.4 Å².